The van der Waals surface area contributed by atoms with Crippen LogP contribution in [0.5, 0.6) is 0 Å². The Balaban J connectivity index is 2.00. The fourth-order valence-electron chi connectivity index (χ4n) is 4.49. The van der Waals surface area contributed by atoms with Crippen molar-refractivity contribution >= 4 is 28.7 Å². The van der Waals surface area contributed by atoms with E-state index in [4.69, 9.17) is 16.6 Å². The van der Waals surface area contributed by atoms with Crippen LogP contribution in [0.2, 0.25) is 5.02 Å². The molecule has 0 bridgehead atoms. The van der Waals surface area contributed by atoms with Crippen molar-refractivity contribution in [2.45, 2.75) is 26.8 Å². The van der Waals surface area contributed by atoms with Crippen LogP contribution in [0.4, 0.5) is 10.3 Å². The van der Waals surface area contributed by atoms with Crippen molar-refractivity contribution in [2.75, 3.05) is 18.0 Å². The van der Waals surface area contributed by atoms with Crippen molar-refractivity contribution < 1.29 is 4.39 Å². The zero-order chi connectivity index (χ0) is 21.7. The maximum Gasteiger partial charge on any atom is 0.332 e. The van der Waals surface area contributed by atoms with Crippen molar-refractivity contribution in [3.63, 3.8) is 0 Å². The van der Waals surface area contributed by atoms with Crippen molar-refractivity contribution in [1.82, 2.24) is 18.7 Å². The van der Waals surface area contributed by atoms with Crippen molar-refractivity contribution in [1.29, 1.82) is 0 Å². The van der Waals surface area contributed by atoms with Crippen LogP contribution in [0, 0.1) is 17.7 Å². The number of piperidine rings is 1. The monoisotopic (exact) mass is 433 g/mol. The minimum absolute atomic E-state index is 0.0457. The molecule has 1 aliphatic rings. The molecule has 0 saturated carbocycles. The van der Waals surface area contributed by atoms with E-state index in [1.54, 1.807) is 23.7 Å². The predicted octanol–water partition coefficient (Wildman–Crippen LogP) is 2.76. The number of aromatic nitrogens is 4. The van der Waals surface area contributed by atoms with E-state index in [9.17, 15) is 14.0 Å². The topological polar surface area (TPSA) is 65.1 Å². The quantitative estimate of drug-likeness (QED) is 0.637. The number of anilines is 1. The fourth-order valence-corrected chi connectivity index (χ4v) is 4.72. The number of halogens is 2. The normalized spacial score (nSPS) is 19.6. The van der Waals surface area contributed by atoms with E-state index in [0.29, 0.717) is 17.8 Å². The average Bonchev–Trinajstić information content (AvgIpc) is 3.06. The van der Waals surface area contributed by atoms with Crippen LogP contribution in [-0.2, 0) is 20.6 Å². The summed E-state index contributed by atoms with van der Waals surface area (Å²) in [6.07, 6.45) is 1.11. The molecule has 2 atom stereocenters. The highest BCUT2D eigenvalue weighted by Crippen LogP contribution is 2.30. The molecule has 1 fully saturated rings. The van der Waals surface area contributed by atoms with Gasteiger partial charge in [-0.15, -0.1) is 0 Å². The zero-order valence-corrected chi connectivity index (χ0v) is 18.3. The van der Waals surface area contributed by atoms with Gasteiger partial charge in [0, 0.05) is 37.8 Å². The number of imidazole rings is 1. The number of rotatable bonds is 3. The lowest BCUT2D eigenvalue weighted by Gasteiger charge is -2.35. The molecule has 1 aromatic carbocycles. The molecule has 160 valence electrons. The molecular formula is C21H25ClFN5O2. The molecule has 3 aromatic rings. The molecule has 7 nitrogen and oxygen atoms in total. The van der Waals surface area contributed by atoms with Crippen LogP contribution in [-0.4, -0.2) is 31.8 Å². The second kappa shape index (κ2) is 7.58. The molecule has 9 heteroatoms. The molecule has 0 aliphatic carbocycles. The van der Waals surface area contributed by atoms with Gasteiger partial charge in [-0.25, -0.2) is 9.18 Å². The van der Waals surface area contributed by atoms with E-state index in [1.165, 1.54) is 17.7 Å². The molecule has 3 heterocycles. The third-order valence-electron chi connectivity index (χ3n) is 5.86. The second-order valence-electron chi connectivity index (χ2n) is 8.43. The van der Waals surface area contributed by atoms with Crippen LogP contribution in [0.1, 0.15) is 25.8 Å². The first kappa shape index (κ1) is 20.7. The highest BCUT2D eigenvalue weighted by atomic mass is 35.5. The molecule has 0 spiro atoms. The Morgan fingerprint density at radius 1 is 1.13 bits per heavy atom. The Hall–Kier alpha value is -2.61. The summed E-state index contributed by atoms with van der Waals surface area (Å²) in [5.74, 6) is 1.01. The zero-order valence-electron chi connectivity index (χ0n) is 17.5. The number of fused-ring (bicyclic) bond motifs is 1. The molecule has 1 aliphatic heterocycles. The van der Waals surface area contributed by atoms with E-state index >= 15 is 0 Å². The van der Waals surface area contributed by atoms with Crippen LogP contribution >= 0.6 is 11.6 Å². The average molecular weight is 434 g/mol. The number of benzene rings is 1. The Morgan fingerprint density at radius 3 is 2.43 bits per heavy atom. The molecule has 30 heavy (non-hydrogen) atoms. The molecule has 0 unspecified atom stereocenters. The maximum absolute atomic E-state index is 14.6. The Bertz CT molecular complexity index is 1210. The highest BCUT2D eigenvalue weighted by Gasteiger charge is 2.28. The summed E-state index contributed by atoms with van der Waals surface area (Å²) in [6, 6.07) is 4.52. The molecule has 0 radical (unpaired) electrons. The van der Waals surface area contributed by atoms with Gasteiger partial charge in [0.1, 0.15) is 5.82 Å². The summed E-state index contributed by atoms with van der Waals surface area (Å²) in [5, 5.41) is 0.282. The SMILES string of the molecule is C[C@@H]1C[C@H](C)CN(c2nc3c(c(=O)n(C)c(=O)n3C)n2Cc2c(F)cccc2Cl)C1. The third kappa shape index (κ3) is 3.33. The fraction of sp³-hybridized carbons (Fsp3) is 0.476. The summed E-state index contributed by atoms with van der Waals surface area (Å²) in [5.41, 5.74) is -0.0737. The van der Waals surface area contributed by atoms with Gasteiger partial charge < -0.3 is 4.90 Å². The first-order chi connectivity index (χ1) is 14.2. The number of aryl methyl sites for hydroxylation is 1. The van der Waals surface area contributed by atoms with E-state index < -0.39 is 17.1 Å². The van der Waals surface area contributed by atoms with Gasteiger partial charge in [-0.2, -0.15) is 4.98 Å². The summed E-state index contributed by atoms with van der Waals surface area (Å²) < 4.78 is 18.7. The van der Waals surface area contributed by atoms with Gasteiger partial charge in [0.05, 0.1) is 6.54 Å². The van der Waals surface area contributed by atoms with Crippen LogP contribution in [0.15, 0.2) is 27.8 Å². The van der Waals surface area contributed by atoms with Gasteiger partial charge in [0.2, 0.25) is 5.95 Å². The highest BCUT2D eigenvalue weighted by molar-refractivity contribution is 6.31. The van der Waals surface area contributed by atoms with Gasteiger partial charge in [0.15, 0.2) is 11.2 Å². The van der Waals surface area contributed by atoms with E-state index in [0.717, 1.165) is 24.1 Å². The third-order valence-corrected chi connectivity index (χ3v) is 6.21. The van der Waals surface area contributed by atoms with E-state index in [-0.39, 0.29) is 28.3 Å². The summed E-state index contributed by atoms with van der Waals surface area (Å²) >= 11 is 6.28. The summed E-state index contributed by atoms with van der Waals surface area (Å²) in [4.78, 5) is 32.3. The Kier molecular flexibility index (Phi) is 5.22. The van der Waals surface area contributed by atoms with Crippen LogP contribution in [0.3, 0.4) is 0 Å². The largest absolute Gasteiger partial charge is 0.342 e. The minimum Gasteiger partial charge on any atom is -0.342 e. The van der Waals surface area contributed by atoms with Crippen molar-refractivity contribution in [3.8, 4) is 0 Å². The van der Waals surface area contributed by atoms with Gasteiger partial charge in [-0.05, 0) is 30.4 Å². The lowest BCUT2D eigenvalue weighted by atomic mass is 9.92. The van der Waals surface area contributed by atoms with Gasteiger partial charge in [0.25, 0.3) is 5.56 Å². The smallest absolute Gasteiger partial charge is 0.332 e. The standard InChI is InChI=1S/C21H25ClFN5O2/c1-12-8-13(2)10-27(9-12)20-24-18-17(19(29)26(4)21(30)25(18)3)28(20)11-14-15(22)6-5-7-16(14)23/h5-7,12-13H,8-11H2,1-4H3/t12-,13+. The second-order valence-corrected chi connectivity index (χ2v) is 8.83. The molecule has 4 rings (SSSR count). The first-order valence-corrected chi connectivity index (χ1v) is 10.4. The van der Waals surface area contributed by atoms with Gasteiger partial charge >= 0.3 is 5.69 Å². The lowest BCUT2D eigenvalue weighted by molar-refractivity contribution is 0.352. The van der Waals surface area contributed by atoms with Crippen LogP contribution < -0.4 is 16.1 Å². The molecule has 0 amide bonds. The minimum atomic E-state index is -0.461. The van der Waals surface area contributed by atoms with Crippen LogP contribution in [0.25, 0.3) is 11.2 Å². The Morgan fingerprint density at radius 2 is 1.80 bits per heavy atom. The Labute approximate surface area is 178 Å². The molecule has 1 saturated heterocycles. The first-order valence-electron chi connectivity index (χ1n) is 10.0. The van der Waals surface area contributed by atoms with Crippen molar-refractivity contribution in [3.05, 3.63) is 55.4 Å². The van der Waals surface area contributed by atoms with E-state index in [1.807, 2.05) is 0 Å². The lowest BCUT2D eigenvalue weighted by Crippen LogP contribution is -2.40. The summed E-state index contributed by atoms with van der Waals surface area (Å²) in [7, 11) is 3.02. The van der Waals surface area contributed by atoms with Gasteiger partial charge in [-0.3, -0.25) is 18.5 Å². The number of nitrogens with zero attached hydrogens (tertiary/aromatic N) is 5. The number of hydrogen-bond donors (Lipinski definition) is 0. The summed E-state index contributed by atoms with van der Waals surface area (Å²) in [6.45, 7) is 5.94. The number of hydrogen-bond acceptors (Lipinski definition) is 4. The predicted molar refractivity (Wildman–Crippen MR) is 116 cm³/mol. The van der Waals surface area contributed by atoms with Gasteiger partial charge in [-0.1, -0.05) is 31.5 Å². The maximum atomic E-state index is 14.6. The molecular weight excluding hydrogens is 409 g/mol. The van der Waals surface area contributed by atoms with Crippen molar-refractivity contribution in [2.24, 2.45) is 25.9 Å². The van der Waals surface area contributed by atoms with E-state index in [2.05, 4.69) is 18.7 Å². The molecule has 2 aromatic heterocycles. The molecule has 0 N–H and O–H groups in total.